The van der Waals surface area contributed by atoms with Crippen LogP contribution in [-0.4, -0.2) is 25.2 Å². The summed E-state index contributed by atoms with van der Waals surface area (Å²) in [4.78, 5) is 14.4. The van der Waals surface area contributed by atoms with Crippen molar-refractivity contribution in [3.8, 4) is 0 Å². The molecule has 0 saturated heterocycles. The SMILES string of the molecule is COC1(CC(=O)N2CCc3cccc(N)c32)CCC1. The molecule has 3 rings (SSSR count). The zero-order chi connectivity index (χ0) is 13.5. The first-order chi connectivity index (χ1) is 9.15. The number of ether oxygens (including phenoxy) is 1. The number of nitrogens with two attached hydrogens (primary N) is 1. The van der Waals surface area contributed by atoms with E-state index in [0.717, 1.165) is 37.9 Å². The van der Waals surface area contributed by atoms with Crippen molar-refractivity contribution in [2.24, 2.45) is 0 Å². The molecular weight excluding hydrogens is 240 g/mol. The molecule has 4 heteroatoms. The number of nitrogen functional groups attached to an aromatic ring is 1. The highest BCUT2D eigenvalue weighted by Crippen LogP contribution is 2.40. The van der Waals surface area contributed by atoms with Crippen molar-refractivity contribution >= 4 is 17.3 Å². The van der Waals surface area contributed by atoms with Crippen molar-refractivity contribution in [2.75, 3.05) is 24.3 Å². The third-order valence-corrected chi connectivity index (χ3v) is 4.50. The molecule has 1 amide bonds. The molecule has 0 spiro atoms. The molecule has 1 aromatic rings. The zero-order valence-electron chi connectivity index (χ0n) is 11.3. The standard InChI is InChI=1S/C15H20N2O2/c1-19-15(7-3-8-15)10-13(18)17-9-6-11-4-2-5-12(16)14(11)17/h2,4-5H,3,6-10,16H2,1H3. The summed E-state index contributed by atoms with van der Waals surface area (Å²) >= 11 is 0. The number of nitrogens with zero attached hydrogens (tertiary/aromatic N) is 1. The maximum atomic E-state index is 12.5. The van der Waals surface area contributed by atoms with Crippen LogP contribution >= 0.6 is 0 Å². The van der Waals surface area contributed by atoms with E-state index in [9.17, 15) is 4.79 Å². The van der Waals surface area contributed by atoms with Crippen LogP contribution in [0.2, 0.25) is 0 Å². The molecule has 1 heterocycles. The average Bonchev–Trinajstić information content (AvgIpc) is 2.79. The summed E-state index contributed by atoms with van der Waals surface area (Å²) in [5, 5.41) is 0. The van der Waals surface area contributed by atoms with Crippen molar-refractivity contribution in [1.29, 1.82) is 0 Å². The molecule has 0 atom stereocenters. The Morgan fingerprint density at radius 3 is 2.89 bits per heavy atom. The number of carbonyl (C=O) groups is 1. The first-order valence-corrected chi connectivity index (χ1v) is 6.88. The average molecular weight is 260 g/mol. The van der Waals surface area contributed by atoms with Crippen LogP contribution in [0.25, 0.3) is 0 Å². The summed E-state index contributed by atoms with van der Waals surface area (Å²) < 4.78 is 5.54. The van der Waals surface area contributed by atoms with Crippen molar-refractivity contribution in [3.63, 3.8) is 0 Å². The Kier molecular flexibility index (Phi) is 2.97. The first-order valence-electron chi connectivity index (χ1n) is 6.88. The Morgan fingerprint density at radius 1 is 1.47 bits per heavy atom. The van der Waals surface area contributed by atoms with E-state index in [4.69, 9.17) is 10.5 Å². The number of methoxy groups -OCH3 is 1. The summed E-state index contributed by atoms with van der Waals surface area (Å²) in [6, 6.07) is 5.86. The van der Waals surface area contributed by atoms with Crippen LogP contribution in [0.15, 0.2) is 18.2 Å². The summed E-state index contributed by atoms with van der Waals surface area (Å²) in [6.45, 7) is 0.738. The molecule has 4 nitrogen and oxygen atoms in total. The molecule has 1 aliphatic carbocycles. The number of benzene rings is 1. The molecule has 2 aliphatic rings. The minimum absolute atomic E-state index is 0.137. The van der Waals surface area contributed by atoms with Gasteiger partial charge in [-0.25, -0.2) is 0 Å². The molecule has 2 N–H and O–H groups in total. The van der Waals surface area contributed by atoms with Crippen LogP contribution in [0, 0.1) is 0 Å². The molecule has 0 unspecified atom stereocenters. The van der Waals surface area contributed by atoms with Gasteiger partial charge >= 0.3 is 0 Å². The summed E-state index contributed by atoms with van der Waals surface area (Å²) in [5.74, 6) is 0.137. The number of para-hydroxylation sites is 1. The van der Waals surface area contributed by atoms with Crippen LogP contribution in [0.5, 0.6) is 0 Å². The highest BCUT2D eigenvalue weighted by molar-refractivity contribution is 5.99. The molecular formula is C15H20N2O2. The van der Waals surface area contributed by atoms with E-state index in [0.29, 0.717) is 12.1 Å². The molecule has 1 aliphatic heterocycles. The van der Waals surface area contributed by atoms with Gasteiger partial charge in [-0.1, -0.05) is 12.1 Å². The monoisotopic (exact) mass is 260 g/mol. The van der Waals surface area contributed by atoms with E-state index in [-0.39, 0.29) is 11.5 Å². The number of hydrogen-bond donors (Lipinski definition) is 1. The van der Waals surface area contributed by atoms with Gasteiger partial charge in [-0.05, 0) is 37.3 Å². The van der Waals surface area contributed by atoms with Gasteiger partial charge in [-0.3, -0.25) is 4.79 Å². The molecule has 0 aromatic heterocycles. The van der Waals surface area contributed by atoms with Crippen molar-refractivity contribution < 1.29 is 9.53 Å². The molecule has 0 bridgehead atoms. The number of amides is 1. The molecule has 1 aromatic carbocycles. The number of anilines is 2. The lowest BCUT2D eigenvalue weighted by Gasteiger charge is -2.40. The highest BCUT2D eigenvalue weighted by Gasteiger charge is 2.41. The second kappa shape index (κ2) is 4.53. The van der Waals surface area contributed by atoms with Gasteiger partial charge in [0.15, 0.2) is 0 Å². The molecule has 1 saturated carbocycles. The summed E-state index contributed by atoms with van der Waals surface area (Å²) in [6.07, 6.45) is 4.49. The van der Waals surface area contributed by atoms with Gasteiger partial charge in [0, 0.05) is 13.7 Å². The van der Waals surface area contributed by atoms with Gasteiger partial charge in [0.05, 0.1) is 23.4 Å². The Bertz CT molecular complexity index is 503. The van der Waals surface area contributed by atoms with Crippen molar-refractivity contribution in [2.45, 2.75) is 37.7 Å². The van der Waals surface area contributed by atoms with Gasteiger partial charge in [0.25, 0.3) is 0 Å². The summed E-state index contributed by atoms with van der Waals surface area (Å²) in [7, 11) is 1.71. The van der Waals surface area contributed by atoms with E-state index < -0.39 is 0 Å². The van der Waals surface area contributed by atoms with Crippen LogP contribution < -0.4 is 10.6 Å². The quantitative estimate of drug-likeness (QED) is 0.847. The van der Waals surface area contributed by atoms with E-state index in [1.54, 1.807) is 7.11 Å². The van der Waals surface area contributed by atoms with Crippen molar-refractivity contribution in [1.82, 2.24) is 0 Å². The van der Waals surface area contributed by atoms with E-state index in [2.05, 4.69) is 6.07 Å². The fourth-order valence-corrected chi connectivity index (χ4v) is 3.13. The largest absolute Gasteiger partial charge is 0.397 e. The fraction of sp³-hybridized carbons (Fsp3) is 0.533. The number of rotatable bonds is 3. The Labute approximate surface area is 113 Å². The third-order valence-electron chi connectivity index (χ3n) is 4.50. The van der Waals surface area contributed by atoms with Gasteiger partial charge in [0.1, 0.15) is 0 Å². The minimum Gasteiger partial charge on any atom is -0.397 e. The van der Waals surface area contributed by atoms with E-state index >= 15 is 0 Å². The zero-order valence-corrected chi connectivity index (χ0v) is 11.3. The number of hydrogen-bond acceptors (Lipinski definition) is 3. The molecule has 102 valence electrons. The fourth-order valence-electron chi connectivity index (χ4n) is 3.13. The molecule has 1 fully saturated rings. The highest BCUT2D eigenvalue weighted by atomic mass is 16.5. The lowest BCUT2D eigenvalue weighted by molar-refractivity contribution is -0.131. The Morgan fingerprint density at radius 2 is 2.26 bits per heavy atom. The van der Waals surface area contributed by atoms with Crippen molar-refractivity contribution in [3.05, 3.63) is 23.8 Å². The summed E-state index contributed by atoms with van der Waals surface area (Å²) in [5.41, 5.74) is 8.59. The predicted molar refractivity (Wildman–Crippen MR) is 75.1 cm³/mol. The molecule has 0 radical (unpaired) electrons. The van der Waals surface area contributed by atoms with Gasteiger partial charge in [0.2, 0.25) is 5.91 Å². The topological polar surface area (TPSA) is 55.6 Å². The second-order valence-electron chi connectivity index (χ2n) is 5.57. The van der Waals surface area contributed by atoms with Gasteiger partial charge in [-0.15, -0.1) is 0 Å². The third kappa shape index (κ3) is 2.00. The van der Waals surface area contributed by atoms with Crippen LogP contribution in [-0.2, 0) is 16.0 Å². The lowest BCUT2D eigenvalue weighted by atomic mass is 9.77. The van der Waals surface area contributed by atoms with E-state index in [1.165, 1.54) is 5.56 Å². The second-order valence-corrected chi connectivity index (χ2v) is 5.57. The maximum Gasteiger partial charge on any atom is 0.229 e. The number of fused-ring (bicyclic) bond motifs is 1. The smallest absolute Gasteiger partial charge is 0.229 e. The number of carbonyl (C=O) groups excluding carboxylic acids is 1. The first kappa shape index (κ1) is 12.5. The van der Waals surface area contributed by atoms with Gasteiger partial charge in [-0.2, -0.15) is 0 Å². The maximum absolute atomic E-state index is 12.5. The van der Waals surface area contributed by atoms with Crippen LogP contribution in [0.3, 0.4) is 0 Å². The minimum atomic E-state index is -0.219. The Balaban J connectivity index is 1.80. The Hall–Kier alpha value is -1.55. The van der Waals surface area contributed by atoms with Crippen LogP contribution in [0.4, 0.5) is 11.4 Å². The van der Waals surface area contributed by atoms with E-state index in [1.807, 2.05) is 17.0 Å². The van der Waals surface area contributed by atoms with Gasteiger partial charge < -0.3 is 15.4 Å². The lowest BCUT2D eigenvalue weighted by Crippen LogP contribution is -2.45. The predicted octanol–water partition coefficient (Wildman–Crippen LogP) is 2.12. The normalized spacial score (nSPS) is 19.9. The van der Waals surface area contributed by atoms with Crippen LogP contribution in [0.1, 0.15) is 31.2 Å². The molecule has 19 heavy (non-hydrogen) atoms.